The van der Waals surface area contributed by atoms with Crippen molar-refractivity contribution < 1.29 is 0 Å². The summed E-state index contributed by atoms with van der Waals surface area (Å²) >= 11 is 2.40. The van der Waals surface area contributed by atoms with E-state index in [0.29, 0.717) is 0 Å². The molecule has 0 aliphatic heterocycles. The fraction of sp³-hybridized carbons (Fsp3) is 0.455. The lowest BCUT2D eigenvalue weighted by atomic mass is 10.1. The van der Waals surface area contributed by atoms with E-state index >= 15 is 0 Å². The van der Waals surface area contributed by atoms with Gasteiger partial charge >= 0.3 is 0 Å². The minimum absolute atomic E-state index is 0.825. The van der Waals surface area contributed by atoms with Crippen LogP contribution in [0.3, 0.4) is 0 Å². The van der Waals surface area contributed by atoms with Crippen LogP contribution < -0.4 is 5.73 Å². The van der Waals surface area contributed by atoms with Gasteiger partial charge in [-0.25, -0.2) is 0 Å². The molecule has 2 N–H and O–H groups in total. The lowest BCUT2D eigenvalue weighted by Crippen LogP contribution is -1.98. The van der Waals surface area contributed by atoms with Crippen LogP contribution in [-0.2, 0) is 6.42 Å². The molecule has 1 aromatic carbocycles. The van der Waals surface area contributed by atoms with Gasteiger partial charge in [0.25, 0.3) is 0 Å². The van der Waals surface area contributed by atoms with Crippen molar-refractivity contribution in [1.82, 2.24) is 0 Å². The third-order valence-corrected chi connectivity index (χ3v) is 3.16. The topological polar surface area (TPSA) is 26.0 Å². The summed E-state index contributed by atoms with van der Waals surface area (Å²) in [5.74, 6) is 0. The third-order valence-electron chi connectivity index (χ3n) is 2.11. The first-order valence-electron chi connectivity index (χ1n) is 4.78. The van der Waals surface area contributed by atoms with E-state index in [1.165, 1.54) is 28.4 Å². The quantitative estimate of drug-likeness (QED) is 0.654. The molecule has 0 radical (unpaired) electrons. The predicted molar refractivity (Wildman–Crippen MR) is 65.8 cm³/mol. The largest absolute Gasteiger partial charge is 0.330 e. The Labute approximate surface area is 93.9 Å². The number of hydrogen-bond acceptors (Lipinski definition) is 1. The molecule has 0 aromatic heterocycles. The maximum atomic E-state index is 5.44. The molecule has 0 fully saturated rings. The lowest BCUT2D eigenvalue weighted by Gasteiger charge is -2.03. The monoisotopic (exact) mass is 289 g/mol. The van der Waals surface area contributed by atoms with Crippen molar-refractivity contribution in [2.45, 2.75) is 25.7 Å². The van der Waals surface area contributed by atoms with Gasteiger partial charge in [0, 0.05) is 3.57 Å². The van der Waals surface area contributed by atoms with Crippen LogP contribution in [0.2, 0.25) is 0 Å². The van der Waals surface area contributed by atoms with Crippen molar-refractivity contribution in [2.75, 3.05) is 6.54 Å². The summed E-state index contributed by atoms with van der Waals surface area (Å²) in [6.45, 7) is 0.825. The van der Waals surface area contributed by atoms with E-state index in [1.807, 2.05) is 0 Å². The zero-order chi connectivity index (χ0) is 9.52. The van der Waals surface area contributed by atoms with Crippen LogP contribution >= 0.6 is 22.6 Å². The molecule has 1 rings (SSSR count). The van der Waals surface area contributed by atoms with E-state index in [-0.39, 0.29) is 0 Å². The Bertz CT molecular complexity index is 248. The first kappa shape index (κ1) is 11.0. The van der Waals surface area contributed by atoms with Crippen LogP contribution in [0.4, 0.5) is 0 Å². The molecule has 72 valence electrons. The van der Waals surface area contributed by atoms with E-state index in [1.54, 1.807) is 0 Å². The summed E-state index contributed by atoms with van der Waals surface area (Å²) in [7, 11) is 0. The second-order valence-corrected chi connectivity index (χ2v) is 4.35. The maximum Gasteiger partial charge on any atom is 0.0162 e. The number of hydrogen-bond donors (Lipinski definition) is 1. The fourth-order valence-electron chi connectivity index (χ4n) is 1.34. The summed E-state index contributed by atoms with van der Waals surface area (Å²) in [6.07, 6.45) is 4.86. The molecular weight excluding hydrogens is 273 g/mol. The van der Waals surface area contributed by atoms with Crippen LogP contribution in [-0.4, -0.2) is 6.54 Å². The molecule has 0 aliphatic rings. The highest BCUT2D eigenvalue weighted by atomic mass is 127. The standard InChI is InChI=1S/C11H16IN/c12-11-8-4-3-7-10(11)6-2-1-5-9-13/h3-4,7-8H,1-2,5-6,9,13H2. The summed E-state index contributed by atoms with van der Waals surface area (Å²) in [5, 5.41) is 0. The van der Waals surface area contributed by atoms with Gasteiger partial charge in [0.2, 0.25) is 0 Å². The van der Waals surface area contributed by atoms with Gasteiger partial charge in [0.05, 0.1) is 0 Å². The second-order valence-electron chi connectivity index (χ2n) is 3.19. The lowest BCUT2D eigenvalue weighted by molar-refractivity contribution is 0.685. The van der Waals surface area contributed by atoms with E-state index in [4.69, 9.17) is 5.73 Å². The molecule has 0 saturated heterocycles. The highest BCUT2D eigenvalue weighted by Gasteiger charge is 1.97. The van der Waals surface area contributed by atoms with Crippen molar-refractivity contribution in [2.24, 2.45) is 5.73 Å². The van der Waals surface area contributed by atoms with E-state index in [2.05, 4.69) is 46.9 Å². The third kappa shape index (κ3) is 4.09. The zero-order valence-electron chi connectivity index (χ0n) is 7.80. The van der Waals surface area contributed by atoms with E-state index in [9.17, 15) is 0 Å². The number of aryl methyl sites for hydroxylation is 1. The Morgan fingerprint density at radius 1 is 1.08 bits per heavy atom. The molecule has 2 heteroatoms. The summed E-state index contributed by atoms with van der Waals surface area (Å²) in [5.41, 5.74) is 6.91. The molecule has 13 heavy (non-hydrogen) atoms. The van der Waals surface area contributed by atoms with E-state index in [0.717, 1.165) is 13.0 Å². The number of nitrogens with two attached hydrogens (primary N) is 1. The number of benzene rings is 1. The van der Waals surface area contributed by atoms with Gasteiger partial charge in [0.15, 0.2) is 0 Å². The predicted octanol–water partition coefficient (Wildman–Crippen LogP) is 2.96. The molecule has 0 saturated carbocycles. The minimum atomic E-state index is 0.825. The second kappa shape index (κ2) is 6.38. The van der Waals surface area contributed by atoms with Gasteiger partial charge < -0.3 is 5.73 Å². The van der Waals surface area contributed by atoms with Crippen molar-refractivity contribution in [3.63, 3.8) is 0 Å². The van der Waals surface area contributed by atoms with E-state index < -0.39 is 0 Å². The van der Waals surface area contributed by atoms with Crippen LogP contribution in [0.1, 0.15) is 24.8 Å². The molecular formula is C11H16IN. The number of unbranched alkanes of at least 4 members (excludes halogenated alkanes) is 2. The maximum absolute atomic E-state index is 5.44. The van der Waals surface area contributed by atoms with Gasteiger partial charge in [-0.1, -0.05) is 24.6 Å². The molecule has 0 unspecified atom stereocenters. The van der Waals surface area contributed by atoms with Crippen molar-refractivity contribution >= 4 is 22.6 Å². The summed E-state index contributed by atoms with van der Waals surface area (Å²) in [6, 6.07) is 8.58. The average molecular weight is 289 g/mol. The average Bonchev–Trinajstić information content (AvgIpc) is 2.15. The molecule has 0 aliphatic carbocycles. The number of halogens is 1. The van der Waals surface area contributed by atoms with Gasteiger partial charge in [-0.3, -0.25) is 0 Å². The fourth-order valence-corrected chi connectivity index (χ4v) is 1.99. The van der Waals surface area contributed by atoms with Crippen molar-refractivity contribution in [3.05, 3.63) is 33.4 Å². The zero-order valence-corrected chi connectivity index (χ0v) is 9.96. The summed E-state index contributed by atoms with van der Waals surface area (Å²) < 4.78 is 1.38. The first-order chi connectivity index (χ1) is 6.34. The Balaban J connectivity index is 2.32. The van der Waals surface area contributed by atoms with Gasteiger partial charge in [-0.15, -0.1) is 0 Å². The molecule has 0 heterocycles. The normalized spacial score (nSPS) is 10.3. The summed E-state index contributed by atoms with van der Waals surface area (Å²) in [4.78, 5) is 0. The molecule has 0 bridgehead atoms. The molecule has 0 atom stereocenters. The highest BCUT2D eigenvalue weighted by Crippen LogP contribution is 2.14. The number of rotatable bonds is 5. The van der Waals surface area contributed by atoms with Gasteiger partial charge in [-0.05, 0) is 60.0 Å². The van der Waals surface area contributed by atoms with Gasteiger partial charge in [0.1, 0.15) is 0 Å². The van der Waals surface area contributed by atoms with Crippen LogP contribution in [0.25, 0.3) is 0 Å². The van der Waals surface area contributed by atoms with Crippen molar-refractivity contribution in [1.29, 1.82) is 0 Å². The SMILES string of the molecule is NCCCCCc1ccccc1I. The molecule has 0 amide bonds. The Morgan fingerprint density at radius 3 is 2.54 bits per heavy atom. The molecule has 1 aromatic rings. The Morgan fingerprint density at radius 2 is 1.85 bits per heavy atom. The van der Waals surface area contributed by atoms with Crippen LogP contribution in [0.5, 0.6) is 0 Å². The highest BCUT2D eigenvalue weighted by molar-refractivity contribution is 14.1. The first-order valence-corrected chi connectivity index (χ1v) is 5.86. The Hall–Kier alpha value is -0.0900. The minimum Gasteiger partial charge on any atom is -0.330 e. The van der Waals surface area contributed by atoms with Crippen LogP contribution in [0.15, 0.2) is 24.3 Å². The van der Waals surface area contributed by atoms with Crippen LogP contribution in [0, 0.1) is 3.57 Å². The van der Waals surface area contributed by atoms with Gasteiger partial charge in [-0.2, -0.15) is 0 Å². The smallest absolute Gasteiger partial charge is 0.0162 e. The Kier molecular flexibility index (Phi) is 5.39. The van der Waals surface area contributed by atoms with Crippen molar-refractivity contribution in [3.8, 4) is 0 Å². The molecule has 1 nitrogen and oxygen atoms in total. The molecule has 0 spiro atoms.